The highest BCUT2D eigenvalue weighted by molar-refractivity contribution is 7.89. The molecule has 32 heavy (non-hydrogen) atoms. The van der Waals surface area contributed by atoms with Gasteiger partial charge in [-0.15, -0.1) is 0 Å². The van der Waals surface area contributed by atoms with E-state index < -0.39 is 32.4 Å². The molecular formula is C22H18ClFN4O3S. The van der Waals surface area contributed by atoms with Crippen LogP contribution in [-0.4, -0.2) is 29.2 Å². The number of hydrogen-bond donors (Lipinski definition) is 2. The molecule has 0 fully saturated rings. The van der Waals surface area contributed by atoms with Crippen LogP contribution in [0.3, 0.4) is 0 Å². The van der Waals surface area contributed by atoms with Gasteiger partial charge in [-0.2, -0.15) is 0 Å². The lowest BCUT2D eigenvalue weighted by atomic mass is 9.97. The number of rotatable bonds is 6. The van der Waals surface area contributed by atoms with Crippen LogP contribution in [0.1, 0.15) is 40.1 Å². The number of ketones is 1. The first-order valence-corrected chi connectivity index (χ1v) is 11.6. The molecule has 164 valence electrons. The van der Waals surface area contributed by atoms with Gasteiger partial charge in [-0.3, -0.25) is 9.78 Å². The Labute approximate surface area is 188 Å². The van der Waals surface area contributed by atoms with E-state index in [9.17, 15) is 13.2 Å². The van der Waals surface area contributed by atoms with Crippen molar-refractivity contribution in [3.8, 4) is 11.1 Å². The highest BCUT2D eigenvalue weighted by Crippen LogP contribution is 2.34. The van der Waals surface area contributed by atoms with Gasteiger partial charge < -0.3 is 4.98 Å². The van der Waals surface area contributed by atoms with Crippen LogP contribution in [0, 0.1) is 5.82 Å². The molecule has 1 unspecified atom stereocenters. The van der Waals surface area contributed by atoms with E-state index in [-0.39, 0.29) is 22.6 Å². The van der Waals surface area contributed by atoms with Gasteiger partial charge in [-0.1, -0.05) is 30.7 Å². The number of benzene rings is 1. The van der Waals surface area contributed by atoms with Crippen molar-refractivity contribution in [2.45, 2.75) is 18.6 Å². The Bertz CT molecular complexity index is 1440. The summed E-state index contributed by atoms with van der Waals surface area (Å²) in [6.45, 7) is 1.57. The quantitative estimate of drug-likeness (QED) is 0.403. The second-order valence-corrected chi connectivity index (χ2v) is 9.36. The van der Waals surface area contributed by atoms with Crippen molar-refractivity contribution in [2.24, 2.45) is 5.14 Å². The molecule has 3 N–H and O–H groups in total. The van der Waals surface area contributed by atoms with Gasteiger partial charge in [0.1, 0.15) is 16.7 Å². The molecule has 1 aromatic carbocycles. The maximum absolute atomic E-state index is 15.4. The molecule has 0 amide bonds. The van der Waals surface area contributed by atoms with Crippen LogP contribution in [0.25, 0.3) is 22.2 Å². The summed E-state index contributed by atoms with van der Waals surface area (Å²) in [5.41, 5.74) is 1.49. The topological polar surface area (TPSA) is 119 Å². The molecule has 0 aliphatic heterocycles. The van der Waals surface area contributed by atoms with Crippen molar-refractivity contribution in [1.29, 1.82) is 0 Å². The summed E-state index contributed by atoms with van der Waals surface area (Å²) >= 11 is 6.18. The molecule has 3 aromatic heterocycles. The lowest BCUT2D eigenvalue weighted by Gasteiger charge is -2.16. The molecule has 10 heteroatoms. The second-order valence-electron chi connectivity index (χ2n) is 7.20. The van der Waals surface area contributed by atoms with Crippen molar-refractivity contribution in [3.05, 3.63) is 82.6 Å². The molecule has 0 aliphatic carbocycles. The van der Waals surface area contributed by atoms with Gasteiger partial charge in [0.25, 0.3) is 0 Å². The first-order valence-electron chi connectivity index (χ1n) is 9.64. The fraction of sp³-hybridized carbons (Fsp3) is 0.136. The Hall–Kier alpha value is -3.14. The second kappa shape index (κ2) is 8.42. The highest BCUT2D eigenvalue weighted by Gasteiger charge is 2.30. The van der Waals surface area contributed by atoms with Crippen LogP contribution in [0.2, 0.25) is 5.02 Å². The molecule has 0 bridgehead atoms. The van der Waals surface area contributed by atoms with Gasteiger partial charge in [0.2, 0.25) is 10.0 Å². The van der Waals surface area contributed by atoms with Gasteiger partial charge in [-0.05, 0) is 24.6 Å². The number of primary sulfonamides is 1. The molecule has 0 spiro atoms. The third kappa shape index (κ3) is 3.90. The fourth-order valence-electron chi connectivity index (χ4n) is 3.67. The van der Waals surface area contributed by atoms with Crippen molar-refractivity contribution in [3.63, 3.8) is 0 Å². The molecular weight excluding hydrogens is 455 g/mol. The minimum Gasteiger partial charge on any atom is -0.345 e. The maximum atomic E-state index is 15.4. The van der Waals surface area contributed by atoms with Gasteiger partial charge in [-0.25, -0.2) is 22.9 Å². The Morgan fingerprint density at radius 2 is 2.03 bits per heavy atom. The number of nitrogens with zero attached hydrogens (tertiary/aromatic N) is 2. The number of carbonyl (C=O) groups excluding carboxylic acids is 1. The zero-order chi connectivity index (χ0) is 23.0. The molecule has 0 saturated heterocycles. The largest absolute Gasteiger partial charge is 0.345 e. The third-order valence-corrected chi connectivity index (χ3v) is 6.93. The number of pyridine rings is 2. The Balaban J connectivity index is 1.86. The maximum Gasteiger partial charge on any atom is 0.216 e. The fourth-order valence-corrected chi connectivity index (χ4v) is 4.90. The summed E-state index contributed by atoms with van der Waals surface area (Å²) in [5, 5.41) is 4.30. The predicted octanol–water partition coefficient (Wildman–Crippen LogP) is 4.39. The number of hydrogen-bond acceptors (Lipinski definition) is 5. The predicted molar refractivity (Wildman–Crippen MR) is 120 cm³/mol. The molecule has 4 rings (SSSR count). The van der Waals surface area contributed by atoms with E-state index in [1.165, 1.54) is 18.3 Å². The standard InChI is InChI=1S/C22H18ClFN4O3S/c1-2-18(32(25,30)31)14-5-6-17(23)19(20(14)24)21(29)16-11-28-22-15(16)8-13(10-27-22)12-4-3-7-26-9-12/h3-11,18H,2H2,1H3,(H,27,28)(H2,25,30,31). The summed E-state index contributed by atoms with van der Waals surface area (Å²) in [5.74, 6) is -1.70. The van der Waals surface area contributed by atoms with Gasteiger partial charge in [0.05, 0.1) is 10.6 Å². The molecule has 0 radical (unpaired) electrons. The number of aromatic nitrogens is 3. The number of H-pyrrole nitrogens is 1. The number of nitrogens with one attached hydrogen (secondary N) is 1. The Morgan fingerprint density at radius 1 is 1.25 bits per heavy atom. The van der Waals surface area contributed by atoms with E-state index in [1.807, 2.05) is 6.07 Å². The van der Waals surface area contributed by atoms with Crippen molar-refractivity contribution >= 4 is 38.4 Å². The molecule has 7 nitrogen and oxygen atoms in total. The number of sulfonamides is 1. The van der Waals surface area contributed by atoms with Crippen LogP contribution in [-0.2, 0) is 10.0 Å². The summed E-state index contributed by atoms with van der Waals surface area (Å²) in [4.78, 5) is 24.7. The van der Waals surface area contributed by atoms with Crippen LogP contribution in [0.15, 0.2) is 55.1 Å². The van der Waals surface area contributed by atoms with E-state index in [4.69, 9.17) is 16.7 Å². The average Bonchev–Trinajstić information content (AvgIpc) is 3.19. The average molecular weight is 473 g/mol. The van der Waals surface area contributed by atoms with E-state index in [2.05, 4.69) is 15.0 Å². The molecule has 0 saturated carbocycles. The smallest absolute Gasteiger partial charge is 0.216 e. The van der Waals surface area contributed by atoms with Gasteiger partial charge in [0, 0.05) is 52.4 Å². The minimum atomic E-state index is -4.09. The molecule has 3 heterocycles. The summed E-state index contributed by atoms with van der Waals surface area (Å²) in [6.07, 6.45) is 6.40. The summed E-state index contributed by atoms with van der Waals surface area (Å²) in [7, 11) is -4.09. The van der Waals surface area contributed by atoms with Gasteiger partial charge >= 0.3 is 0 Å². The normalized spacial score (nSPS) is 12.8. The summed E-state index contributed by atoms with van der Waals surface area (Å²) in [6, 6.07) is 7.92. The Kier molecular flexibility index (Phi) is 5.81. The SMILES string of the molecule is CCC(c1ccc(Cl)c(C(=O)c2c[nH]c3ncc(-c4cccnc4)cc23)c1F)S(N)(=O)=O. The van der Waals surface area contributed by atoms with Gasteiger partial charge in [0.15, 0.2) is 5.78 Å². The van der Waals surface area contributed by atoms with Crippen LogP contribution < -0.4 is 5.14 Å². The summed E-state index contributed by atoms with van der Waals surface area (Å²) < 4.78 is 39.3. The zero-order valence-electron chi connectivity index (χ0n) is 16.8. The van der Waals surface area contributed by atoms with Crippen molar-refractivity contribution < 1.29 is 17.6 Å². The van der Waals surface area contributed by atoms with E-state index >= 15 is 4.39 Å². The third-order valence-electron chi connectivity index (χ3n) is 5.23. The van der Waals surface area contributed by atoms with Crippen LogP contribution in [0.4, 0.5) is 4.39 Å². The lowest BCUT2D eigenvalue weighted by molar-refractivity contribution is 0.103. The molecule has 4 aromatic rings. The zero-order valence-corrected chi connectivity index (χ0v) is 18.4. The minimum absolute atomic E-state index is 0.0382. The highest BCUT2D eigenvalue weighted by atomic mass is 35.5. The van der Waals surface area contributed by atoms with Crippen molar-refractivity contribution in [1.82, 2.24) is 15.0 Å². The van der Waals surface area contributed by atoms with Crippen LogP contribution in [0.5, 0.6) is 0 Å². The first kappa shape index (κ1) is 22.1. The Morgan fingerprint density at radius 3 is 2.69 bits per heavy atom. The van der Waals surface area contributed by atoms with E-state index in [1.54, 1.807) is 37.6 Å². The number of aromatic amines is 1. The van der Waals surface area contributed by atoms with E-state index in [0.717, 1.165) is 11.1 Å². The first-order chi connectivity index (χ1) is 15.2. The monoisotopic (exact) mass is 472 g/mol. The van der Waals surface area contributed by atoms with E-state index in [0.29, 0.717) is 11.0 Å². The lowest BCUT2D eigenvalue weighted by Crippen LogP contribution is -2.23. The molecule has 1 atom stereocenters. The number of fused-ring (bicyclic) bond motifs is 1. The molecule has 0 aliphatic rings. The number of nitrogens with two attached hydrogens (primary N) is 1. The van der Waals surface area contributed by atoms with Crippen LogP contribution >= 0.6 is 11.6 Å². The number of carbonyl (C=O) groups is 1. The number of halogens is 2. The van der Waals surface area contributed by atoms with Crippen molar-refractivity contribution in [2.75, 3.05) is 0 Å².